The molecule has 1 aromatic carbocycles. The molecule has 198 valence electrons. The Morgan fingerprint density at radius 3 is 2.43 bits per heavy atom. The molecule has 0 spiro atoms. The number of pyridine rings is 2. The van der Waals surface area contributed by atoms with Crippen molar-refractivity contribution in [2.24, 2.45) is 0 Å². The van der Waals surface area contributed by atoms with Crippen molar-refractivity contribution in [3.63, 3.8) is 0 Å². The minimum Gasteiger partial charge on any atom is -0.470 e. The first-order valence-electron chi connectivity index (χ1n) is 11.2. The van der Waals surface area contributed by atoms with Crippen LogP contribution >= 0.6 is 0 Å². The number of anilines is 1. The second kappa shape index (κ2) is 12.9. The molecule has 0 saturated carbocycles. The first-order chi connectivity index (χ1) is 17.6. The van der Waals surface area contributed by atoms with Crippen molar-refractivity contribution in [3.8, 4) is 17.0 Å². The molecule has 0 unspecified atom stereocenters. The molecule has 1 aliphatic heterocycles. The predicted octanol–water partition coefficient (Wildman–Crippen LogP) is 4.87. The van der Waals surface area contributed by atoms with E-state index in [1.807, 2.05) is 30.0 Å². The number of rotatable bonds is 6. The van der Waals surface area contributed by atoms with E-state index in [9.17, 15) is 26.7 Å². The molecule has 3 heterocycles. The molecule has 3 aromatic rings. The average molecular weight is 524 g/mol. The summed E-state index contributed by atoms with van der Waals surface area (Å²) in [6.07, 6.45) is -3.85. The van der Waals surface area contributed by atoms with Gasteiger partial charge < -0.3 is 14.4 Å². The molecular weight excluding hydrogens is 499 g/mol. The first-order valence-corrected chi connectivity index (χ1v) is 11.2. The molecule has 1 amide bonds. The molecule has 0 atom stereocenters. The average Bonchev–Trinajstić information content (AvgIpc) is 2.88. The van der Waals surface area contributed by atoms with Gasteiger partial charge in [-0.25, -0.2) is 13.8 Å². The van der Waals surface area contributed by atoms with E-state index < -0.39 is 25.2 Å². The summed E-state index contributed by atoms with van der Waals surface area (Å²) in [4.78, 5) is 21.4. The summed E-state index contributed by atoms with van der Waals surface area (Å²) >= 11 is 0. The van der Waals surface area contributed by atoms with E-state index in [-0.39, 0.29) is 11.4 Å². The Bertz CT molecular complexity index is 1160. The summed E-state index contributed by atoms with van der Waals surface area (Å²) in [6.45, 7) is 3.76. The van der Waals surface area contributed by atoms with E-state index in [1.165, 1.54) is 24.3 Å². The highest BCUT2D eigenvalue weighted by Gasteiger charge is 2.30. The lowest BCUT2D eigenvalue weighted by Crippen LogP contribution is -2.37. The first kappa shape index (κ1) is 27.8. The van der Waals surface area contributed by atoms with Gasteiger partial charge in [0.15, 0.2) is 6.61 Å². The number of ether oxygens (including phenoxy) is 2. The zero-order valence-electron chi connectivity index (χ0n) is 19.8. The van der Waals surface area contributed by atoms with Crippen LogP contribution in [0.3, 0.4) is 0 Å². The normalized spacial score (nSPS) is 13.5. The van der Waals surface area contributed by atoms with Crippen LogP contribution in [0, 0.1) is 6.92 Å². The maximum absolute atomic E-state index is 12.5. The summed E-state index contributed by atoms with van der Waals surface area (Å²) in [7, 11) is 0. The molecule has 37 heavy (non-hydrogen) atoms. The Hall–Kier alpha value is -3.80. The molecule has 1 N–H and O–H groups in total. The Balaban J connectivity index is 0.000000248. The zero-order chi connectivity index (χ0) is 26.8. The van der Waals surface area contributed by atoms with Gasteiger partial charge in [0.25, 0.3) is 12.3 Å². The Morgan fingerprint density at radius 2 is 1.81 bits per heavy atom. The molecular formula is C25H25F5N4O3. The number of amides is 1. The van der Waals surface area contributed by atoms with E-state index in [0.29, 0.717) is 32.0 Å². The van der Waals surface area contributed by atoms with Crippen LogP contribution in [0.5, 0.6) is 5.88 Å². The van der Waals surface area contributed by atoms with Crippen molar-refractivity contribution < 1.29 is 36.2 Å². The Kier molecular flexibility index (Phi) is 9.72. The molecule has 1 aliphatic rings. The minimum absolute atomic E-state index is 0.0141. The minimum atomic E-state index is -4.67. The Morgan fingerprint density at radius 1 is 1.11 bits per heavy atom. The summed E-state index contributed by atoms with van der Waals surface area (Å²) in [6, 6.07) is 13.0. The van der Waals surface area contributed by atoms with Crippen molar-refractivity contribution in [2.75, 3.05) is 37.8 Å². The number of halogens is 5. The summed E-state index contributed by atoms with van der Waals surface area (Å²) < 4.78 is 70.5. The fraction of sp³-hybridized carbons (Fsp3) is 0.320. The van der Waals surface area contributed by atoms with Crippen molar-refractivity contribution >= 4 is 11.6 Å². The molecule has 2 aromatic heterocycles. The third kappa shape index (κ3) is 8.67. The third-order valence-corrected chi connectivity index (χ3v) is 5.14. The van der Waals surface area contributed by atoms with Crippen LogP contribution in [-0.4, -0.2) is 61.5 Å². The number of benzene rings is 1. The number of aromatic nitrogens is 2. The highest BCUT2D eigenvalue weighted by Crippen LogP contribution is 2.32. The van der Waals surface area contributed by atoms with Gasteiger partial charge in [-0.15, -0.1) is 0 Å². The zero-order valence-corrected chi connectivity index (χ0v) is 19.8. The SMILES string of the molecule is Cc1ncccc1-c1cnc(OCC(F)F)c(N2CCOCC2)c1.O=C(NC(F)(F)F)c1ccccc1. The lowest BCUT2D eigenvalue weighted by Gasteiger charge is -2.30. The Labute approximate surface area is 210 Å². The topological polar surface area (TPSA) is 76.6 Å². The van der Waals surface area contributed by atoms with Gasteiger partial charge in [-0.3, -0.25) is 15.1 Å². The molecule has 0 radical (unpaired) electrons. The number of alkyl halides is 5. The molecule has 7 nitrogen and oxygen atoms in total. The number of morpholine rings is 1. The number of hydrogen-bond donors (Lipinski definition) is 1. The van der Waals surface area contributed by atoms with Crippen molar-refractivity contribution in [2.45, 2.75) is 19.6 Å². The molecule has 0 aliphatic carbocycles. The van der Waals surface area contributed by atoms with E-state index >= 15 is 0 Å². The molecule has 1 fully saturated rings. The summed E-state index contributed by atoms with van der Waals surface area (Å²) in [5, 5.41) is 0.896. The van der Waals surface area contributed by atoms with Gasteiger partial charge >= 0.3 is 6.30 Å². The van der Waals surface area contributed by atoms with Gasteiger partial charge in [-0.1, -0.05) is 24.3 Å². The van der Waals surface area contributed by atoms with Crippen molar-refractivity contribution in [1.82, 2.24) is 15.3 Å². The monoisotopic (exact) mass is 524 g/mol. The highest BCUT2D eigenvalue weighted by molar-refractivity contribution is 5.94. The largest absolute Gasteiger partial charge is 0.484 e. The van der Waals surface area contributed by atoms with Gasteiger partial charge in [0.2, 0.25) is 5.88 Å². The second-order valence-electron chi connectivity index (χ2n) is 7.80. The smallest absolute Gasteiger partial charge is 0.470 e. The van der Waals surface area contributed by atoms with Gasteiger partial charge in [-0.05, 0) is 31.2 Å². The summed E-state index contributed by atoms with van der Waals surface area (Å²) in [5.74, 6) is -0.921. The van der Waals surface area contributed by atoms with Crippen LogP contribution < -0.4 is 15.0 Å². The van der Waals surface area contributed by atoms with Crippen molar-refractivity contribution in [1.29, 1.82) is 0 Å². The van der Waals surface area contributed by atoms with E-state index in [2.05, 4.69) is 9.97 Å². The van der Waals surface area contributed by atoms with Crippen LogP contribution in [0.25, 0.3) is 11.1 Å². The van der Waals surface area contributed by atoms with Gasteiger partial charge in [0, 0.05) is 47.9 Å². The molecule has 12 heteroatoms. The number of carbonyl (C=O) groups excluding carboxylic acids is 1. The van der Waals surface area contributed by atoms with Crippen LogP contribution in [0.2, 0.25) is 0 Å². The van der Waals surface area contributed by atoms with Gasteiger partial charge in [0.1, 0.15) is 5.69 Å². The maximum Gasteiger partial charge on any atom is 0.484 e. The predicted molar refractivity (Wildman–Crippen MR) is 127 cm³/mol. The molecule has 4 rings (SSSR count). The van der Waals surface area contributed by atoms with Gasteiger partial charge in [-0.2, -0.15) is 13.2 Å². The van der Waals surface area contributed by atoms with Crippen molar-refractivity contribution in [3.05, 3.63) is 72.2 Å². The van der Waals surface area contributed by atoms with Crippen LogP contribution in [0.4, 0.5) is 27.6 Å². The van der Waals surface area contributed by atoms with Gasteiger partial charge in [0.05, 0.1) is 13.2 Å². The third-order valence-electron chi connectivity index (χ3n) is 5.14. The number of carbonyl (C=O) groups is 1. The lowest BCUT2D eigenvalue weighted by molar-refractivity contribution is -0.146. The molecule has 1 saturated heterocycles. The highest BCUT2D eigenvalue weighted by atomic mass is 19.4. The fourth-order valence-corrected chi connectivity index (χ4v) is 3.45. The number of nitrogens with one attached hydrogen (secondary N) is 1. The van der Waals surface area contributed by atoms with Crippen LogP contribution in [0.15, 0.2) is 60.9 Å². The maximum atomic E-state index is 12.5. The lowest BCUT2D eigenvalue weighted by atomic mass is 10.1. The number of aryl methyl sites for hydroxylation is 1. The van der Waals surface area contributed by atoms with E-state index in [4.69, 9.17) is 9.47 Å². The standard InChI is InChI=1S/C17H19F2N3O2.C8H6F3NO/c1-12-14(3-2-4-20-12)13-9-15(22-5-7-23-8-6-22)17(21-10-13)24-11-16(18)19;9-8(10,11)12-7(13)6-4-2-1-3-5-6/h2-4,9-10,16H,5-8,11H2,1H3;1-5H,(H,12,13). The van der Waals surface area contributed by atoms with Crippen LogP contribution in [-0.2, 0) is 4.74 Å². The van der Waals surface area contributed by atoms with E-state index in [0.717, 1.165) is 22.1 Å². The number of hydrogen-bond acceptors (Lipinski definition) is 6. The number of nitrogens with zero attached hydrogens (tertiary/aromatic N) is 3. The quantitative estimate of drug-likeness (QED) is 0.367. The fourth-order valence-electron chi connectivity index (χ4n) is 3.45. The van der Waals surface area contributed by atoms with E-state index in [1.54, 1.807) is 18.5 Å². The summed E-state index contributed by atoms with van der Waals surface area (Å²) in [5.41, 5.74) is 3.42. The second-order valence-corrected chi connectivity index (χ2v) is 7.80. The van der Waals surface area contributed by atoms with Crippen LogP contribution in [0.1, 0.15) is 16.1 Å². The molecule has 0 bridgehead atoms.